The predicted molar refractivity (Wildman–Crippen MR) is 96.3 cm³/mol. The number of methoxy groups -OCH3 is 1. The maximum Gasteiger partial charge on any atom is 0.228 e. The molecule has 2 amide bonds. The van der Waals surface area contributed by atoms with E-state index in [0.717, 1.165) is 30.7 Å². The smallest absolute Gasteiger partial charge is 0.228 e. The molecule has 5 heteroatoms. The number of nitrogens with zero attached hydrogens (tertiary/aromatic N) is 2. The molecular weight excluding hydrogens is 316 g/mol. The molecule has 2 heterocycles. The number of ether oxygens (including phenoxy) is 1. The molecule has 0 spiro atoms. The Hall–Kier alpha value is -2.04. The maximum absolute atomic E-state index is 13.3. The Balaban J connectivity index is 1.89. The van der Waals surface area contributed by atoms with Gasteiger partial charge in [-0.15, -0.1) is 0 Å². The molecule has 2 saturated heterocycles. The van der Waals surface area contributed by atoms with Crippen molar-refractivity contribution in [3.05, 3.63) is 29.8 Å². The fourth-order valence-electron chi connectivity index (χ4n) is 4.19. The highest BCUT2D eigenvalue weighted by molar-refractivity contribution is 5.85. The largest absolute Gasteiger partial charge is 0.497 e. The van der Waals surface area contributed by atoms with Gasteiger partial charge >= 0.3 is 0 Å². The summed E-state index contributed by atoms with van der Waals surface area (Å²) in [6, 6.07) is 7.83. The minimum Gasteiger partial charge on any atom is -0.497 e. The van der Waals surface area contributed by atoms with Gasteiger partial charge in [0.2, 0.25) is 11.8 Å². The zero-order chi connectivity index (χ0) is 18.0. The van der Waals surface area contributed by atoms with E-state index >= 15 is 0 Å². The number of hydrogen-bond acceptors (Lipinski definition) is 3. The number of rotatable bonds is 3. The van der Waals surface area contributed by atoms with Gasteiger partial charge in [-0.25, -0.2) is 0 Å². The maximum atomic E-state index is 13.3. The van der Waals surface area contributed by atoms with Gasteiger partial charge in [-0.1, -0.05) is 12.1 Å². The normalized spacial score (nSPS) is 27.3. The van der Waals surface area contributed by atoms with E-state index in [2.05, 4.69) is 6.92 Å². The van der Waals surface area contributed by atoms with Crippen LogP contribution in [0.15, 0.2) is 24.3 Å². The van der Waals surface area contributed by atoms with Crippen LogP contribution in [0.25, 0.3) is 0 Å². The van der Waals surface area contributed by atoms with Crippen LogP contribution in [0.3, 0.4) is 0 Å². The van der Waals surface area contributed by atoms with E-state index < -0.39 is 0 Å². The summed E-state index contributed by atoms with van der Waals surface area (Å²) in [4.78, 5) is 29.4. The van der Waals surface area contributed by atoms with E-state index in [9.17, 15) is 9.59 Å². The summed E-state index contributed by atoms with van der Waals surface area (Å²) in [7, 11) is 3.45. The first-order valence-electron chi connectivity index (χ1n) is 9.23. The van der Waals surface area contributed by atoms with Crippen LogP contribution in [0, 0.1) is 5.92 Å². The van der Waals surface area contributed by atoms with E-state index in [1.165, 1.54) is 6.42 Å². The number of benzene rings is 1. The molecule has 1 aromatic rings. The third kappa shape index (κ3) is 3.51. The van der Waals surface area contributed by atoms with E-state index in [4.69, 9.17) is 4.74 Å². The standard InChI is InChI=1S/C20H28N2O3/c1-14-6-4-5-13-22(14)20(24)17-11-12-18(23)21(2)19(17)15-7-9-16(25-3)10-8-15/h7-10,14,17,19H,4-6,11-13H2,1-3H3/t14-,17-,19-/m1/s1. The molecule has 3 atom stereocenters. The highest BCUT2D eigenvalue weighted by atomic mass is 16.5. The number of hydrogen-bond donors (Lipinski definition) is 0. The highest BCUT2D eigenvalue weighted by Gasteiger charge is 2.41. The Labute approximate surface area is 149 Å². The predicted octanol–water partition coefficient (Wildman–Crippen LogP) is 3.01. The molecule has 136 valence electrons. The van der Waals surface area contributed by atoms with E-state index in [1.54, 1.807) is 12.0 Å². The Morgan fingerprint density at radius 1 is 1.16 bits per heavy atom. The van der Waals surface area contributed by atoms with Gasteiger partial charge in [-0.3, -0.25) is 9.59 Å². The Kier molecular flexibility index (Phi) is 5.30. The summed E-state index contributed by atoms with van der Waals surface area (Å²) in [6.45, 7) is 2.97. The van der Waals surface area contributed by atoms with Crippen molar-refractivity contribution < 1.29 is 14.3 Å². The van der Waals surface area contributed by atoms with Crippen LogP contribution in [0.1, 0.15) is 50.6 Å². The topological polar surface area (TPSA) is 49.9 Å². The lowest BCUT2D eigenvalue weighted by Crippen LogP contribution is -2.51. The van der Waals surface area contributed by atoms with E-state index in [-0.39, 0.29) is 23.8 Å². The van der Waals surface area contributed by atoms with Crippen LogP contribution in [-0.4, -0.2) is 48.4 Å². The van der Waals surface area contributed by atoms with E-state index in [0.29, 0.717) is 18.9 Å². The minimum absolute atomic E-state index is 0.108. The van der Waals surface area contributed by atoms with Gasteiger partial charge in [0.1, 0.15) is 5.75 Å². The van der Waals surface area contributed by atoms with Gasteiger partial charge in [-0.05, 0) is 50.3 Å². The monoisotopic (exact) mass is 344 g/mol. The van der Waals surface area contributed by atoms with Crippen molar-refractivity contribution in [2.45, 2.75) is 51.1 Å². The molecule has 0 unspecified atom stereocenters. The van der Waals surface area contributed by atoms with Gasteiger partial charge in [0.25, 0.3) is 0 Å². The van der Waals surface area contributed by atoms with Crippen molar-refractivity contribution in [3.8, 4) is 5.75 Å². The molecule has 0 aliphatic carbocycles. The average Bonchev–Trinajstić information content (AvgIpc) is 2.64. The molecule has 3 rings (SSSR count). The summed E-state index contributed by atoms with van der Waals surface area (Å²) in [5.41, 5.74) is 0.999. The molecular formula is C20H28N2O3. The summed E-state index contributed by atoms with van der Waals surface area (Å²) < 4.78 is 5.23. The second kappa shape index (κ2) is 7.46. The van der Waals surface area contributed by atoms with Crippen LogP contribution >= 0.6 is 0 Å². The SMILES string of the molecule is COc1ccc([C@@H]2[C@H](C(=O)N3CCCC[C@H]3C)CCC(=O)N2C)cc1. The van der Waals surface area contributed by atoms with Crippen molar-refractivity contribution in [2.24, 2.45) is 5.92 Å². The summed E-state index contributed by atoms with van der Waals surface area (Å²) in [5.74, 6) is 0.918. The molecule has 0 bridgehead atoms. The summed E-state index contributed by atoms with van der Waals surface area (Å²) >= 11 is 0. The van der Waals surface area contributed by atoms with Crippen molar-refractivity contribution in [1.82, 2.24) is 9.80 Å². The van der Waals surface area contributed by atoms with Gasteiger partial charge in [0.15, 0.2) is 0 Å². The molecule has 2 fully saturated rings. The van der Waals surface area contributed by atoms with Crippen molar-refractivity contribution in [2.75, 3.05) is 20.7 Å². The lowest BCUT2D eigenvalue weighted by atomic mass is 9.83. The lowest BCUT2D eigenvalue weighted by Gasteiger charge is -2.43. The summed E-state index contributed by atoms with van der Waals surface area (Å²) in [5, 5.41) is 0. The molecule has 2 aliphatic rings. The second-order valence-corrected chi connectivity index (χ2v) is 7.24. The van der Waals surface area contributed by atoms with Crippen molar-refractivity contribution >= 4 is 11.8 Å². The van der Waals surface area contributed by atoms with Crippen LogP contribution in [0.4, 0.5) is 0 Å². The highest BCUT2D eigenvalue weighted by Crippen LogP contribution is 2.38. The first-order chi connectivity index (χ1) is 12.0. The third-order valence-electron chi connectivity index (χ3n) is 5.72. The van der Waals surface area contributed by atoms with Crippen LogP contribution in [-0.2, 0) is 9.59 Å². The molecule has 0 aromatic heterocycles. The lowest BCUT2D eigenvalue weighted by molar-refractivity contribution is -0.148. The first-order valence-corrected chi connectivity index (χ1v) is 9.23. The quantitative estimate of drug-likeness (QED) is 0.847. The van der Waals surface area contributed by atoms with Crippen molar-refractivity contribution in [1.29, 1.82) is 0 Å². The number of likely N-dealkylation sites (tertiary alicyclic amines) is 2. The molecule has 1 aromatic carbocycles. The van der Waals surface area contributed by atoms with Crippen LogP contribution in [0.2, 0.25) is 0 Å². The average molecular weight is 344 g/mol. The second-order valence-electron chi connectivity index (χ2n) is 7.24. The van der Waals surface area contributed by atoms with E-state index in [1.807, 2.05) is 36.2 Å². The molecule has 2 aliphatic heterocycles. The Bertz CT molecular complexity index is 628. The minimum atomic E-state index is -0.200. The number of amides is 2. The van der Waals surface area contributed by atoms with Gasteiger partial charge in [0, 0.05) is 26.1 Å². The van der Waals surface area contributed by atoms with Crippen molar-refractivity contribution in [3.63, 3.8) is 0 Å². The fraction of sp³-hybridized carbons (Fsp3) is 0.600. The molecule has 0 saturated carbocycles. The number of piperidine rings is 2. The zero-order valence-electron chi connectivity index (χ0n) is 15.4. The first kappa shape index (κ1) is 17.8. The number of carbonyl (C=O) groups excluding carboxylic acids is 2. The van der Waals surface area contributed by atoms with Crippen LogP contribution < -0.4 is 4.74 Å². The Morgan fingerprint density at radius 2 is 1.88 bits per heavy atom. The molecule has 0 radical (unpaired) electrons. The van der Waals surface area contributed by atoms with Crippen LogP contribution in [0.5, 0.6) is 5.75 Å². The third-order valence-corrected chi connectivity index (χ3v) is 5.72. The zero-order valence-corrected chi connectivity index (χ0v) is 15.4. The molecule has 5 nitrogen and oxygen atoms in total. The van der Waals surface area contributed by atoms with Gasteiger partial charge in [0.05, 0.1) is 19.1 Å². The summed E-state index contributed by atoms with van der Waals surface area (Å²) in [6.07, 6.45) is 4.41. The Morgan fingerprint density at radius 3 is 2.52 bits per heavy atom. The molecule has 0 N–H and O–H groups in total. The van der Waals surface area contributed by atoms with Gasteiger partial charge < -0.3 is 14.5 Å². The molecule has 25 heavy (non-hydrogen) atoms. The fourth-order valence-corrected chi connectivity index (χ4v) is 4.19. The van der Waals surface area contributed by atoms with Gasteiger partial charge in [-0.2, -0.15) is 0 Å². The number of carbonyl (C=O) groups is 2.